The number of esters is 1. The summed E-state index contributed by atoms with van der Waals surface area (Å²) in [6, 6.07) is 0. The molecule has 0 saturated heterocycles. The van der Waals surface area contributed by atoms with Gasteiger partial charge in [0, 0.05) is 19.3 Å². The highest BCUT2D eigenvalue weighted by molar-refractivity contribution is 5.76. The standard InChI is InChI=1S/C31H52O11/c1-13-28(11,12)21(32)37-31(20-36-22(33)38-25(2,3)4)18-29(41-23(34)39-26(5,6)7)15-14-16-30(17-29,19-31)42-24(35)40-27(8,9)10/h13-20H2,1-12H3. The average Bonchev–Trinajstić information content (AvgIpc) is 2.72. The second-order valence-electron chi connectivity index (χ2n) is 15.4. The molecule has 2 saturated carbocycles. The van der Waals surface area contributed by atoms with E-state index in [-0.39, 0.29) is 19.3 Å². The van der Waals surface area contributed by atoms with E-state index >= 15 is 0 Å². The average molecular weight is 601 g/mol. The van der Waals surface area contributed by atoms with Gasteiger partial charge in [0.2, 0.25) is 0 Å². The first-order valence-corrected chi connectivity index (χ1v) is 14.8. The fourth-order valence-corrected chi connectivity index (χ4v) is 5.33. The van der Waals surface area contributed by atoms with Gasteiger partial charge in [-0.25, -0.2) is 14.4 Å². The molecule has 2 atom stereocenters. The summed E-state index contributed by atoms with van der Waals surface area (Å²) in [7, 11) is 0. The summed E-state index contributed by atoms with van der Waals surface area (Å²) in [4.78, 5) is 52.2. The predicted octanol–water partition coefficient (Wildman–Crippen LogP) is 7.41. The molecule has 2 bridgehead atoms. The number of rotatable bonds is 7. The fourth-order valence-electron chi connectivity index (χ4n) is 5.33. The van der Waals surface area contributed by atoms with Crippen molar-refractivity contribution in [3.05, 3.63) is 0 Å². The van der Waals surface area contributed by atoms with Gasteiger partial charge in [-0.15, -0.1) is 0 Å². The zero-order valence-electron chi connectivity index (χ0n) is 27.6. The lowest BCUT2D eigenvalue weighted by Gasteiger charge is -2.56. The third kappa shape index (κ3) is 10.5. The maximum absolute atomic E-state index is 13.5. The van der Waals surface area contributed by atoms with Gasteiger partial charge in [0.15, 0.2) is 5.60 Å². The molecule has 0 radical (unpaired) electrons. The Bertz CT molecular complexity index is 965. The molecule has 2 aliphatic rings. The molecule has 0 aliphatic heterocycles. The highest BCUT2D eigenvalue weighted by Gasteiger charge is 2.63. The van der Waals surface area contributed by atoms with Crippen molar-refractivity contribution in [1.29, 1.82) is 0 Å². The third-order valence-electron chi connectivity index (χ3n) is 7.16. The Balaban J connectivity index is 2.59. The summed E-state index contributed by atoms with van der Waals surface area (Å²) in [6.45, 7) is 20.4. The van der Waals surface area contributed by atoms with Gasteiger partial charge >= 0.3 is 24.4 Å². The largest absolute Gasteiger partial charge is 0.509 e. The molecule has 0 heterocycles. The Morgan fingerprint density at radius 3 is 1.38 bits per heavy atom. The first-order chi connectivity index (χ1) is 18.8. The molecule has 2 fully saturated rings. The zero-order valence-corrected chi connectivity index (χ0v) is 27.6. The van der Waals surface area contributed by atoms with Crippen LogP contribution in [0.25, 0.3) is 0 Å². The SMILES string of the molecule is CCC(C)(C)C(=O)OC1(COC(=O)OC(C)(C)C)CC2(OC(=O)OC(C)(C)C)CCCC(OC(=O)OC(C)(C)C)(C2)C1. The van der Waals surface area contributed by atoms with Crippen molar-refractivity contribution in [1.82, 2.24) is 0 Å². The number of carbonyl (C=O) groups excluding carboxylic acids is 4. The topological polar surface area (TPSA) is 133 Å². The molecule has 0 N–H and O–H groups in total. The van der Waals surface area contributed by atoms with Gasteiger partial charge in [-0.1, -0.05) is 6.92 Å². The van der Waals surface area contributed by atoms with Gasteiger partial charge < -0.3 is 33.2 Å². The Kier molecular flexibility index (Phi) is 10.2. The molecule has 11 heteroatoms. The van der Waals surface area contributed by atoms with Crippen molar-refractivity contribution in [2.24, 2.45) is 5.41 Å². The number of fused-ring (bicyclic) bond motifs is 2. The molecule has 242 valence electrons. The molecule has 2 aliphatic carbocycles. The van der Waals surface area contributed by atoms with Crippen molar-refractivity contribution in [2.45, 2.75) is 162 Å². The van der Waals surface area contributed by atoms with Crippen LogP contribution in [0.4, 0.5) is 14.4 Å². The van der Waals surface area contributed by atoms with Gasteiger partial charge in [-0.2, -0.15) is 0 Å². The van der Waals surface area contributed by atoms with Crippen LogP contribution >= 0.6 is 0 Å². The van der Waals surface area contributed by atoms with E-state index in [1.165, 1.54) is 0 Å². The normalized spacial score (nSPS) is 26.4. The molecule has 42 heavy (non-hydrogen) atoms. The van der Waals surface area contributed by atoms with E-state index < -0.39 is 70.1 Å². The van der Waals surface area contributed by atoms with Gasteiger partial charge in [0.05, 0.1) is 5.41 Å². The minimum Gasteiger partial charge on any atom is -0.455 e. The summed E-state index contributed by atoms with van der Waals surface area (Å²) >= 11 is 0. The molecule has 0 spiro atoms. The highest BCUT2D eigenvalue weighted by atomic mass is 16.8. The molecule has 2 rings (SSSR count). The van der Waals surface area contributed by atoms with Gasteiger partial charge in [0.25, 0.3) is 0 Å². The number of carbonyl (C=O) groups is 4. The maximum atomic E-state index is 13.5. The molecule has 0 aromatic carbocycles. The quantitative estimate of drug-likeness (QED) is 0.214. The van der Waals surface area contributed by atoms with Gasteiger partial charge in [0.1, 0.15) is 34.6 Å². The van der Waals surface area contributed by atoms with Crippen molar-refractivity contribution in [3.8, 4) is 0 Å². The van der Waals surface area contributed by atoms with E-state index in [4.69, 9.17) is 33.2 Å². The van der Waals surface area contributed by atoms with E-state index in [1.807, 2.05) is 6.92 Å². The van der Waals surface area contributed by atoms with Crippen LogP contribution in [0.15, 0.2) is 0 Å². The second kappa shape index (κ2) is 12.1. The molecule has 11 nitrogen and oxygen atoms in total. The van der Waals surface area contributed by atoms with Crippen LogP contribution in [0.3, 0.4) is 0 Å². The van der Waals surface area contributed by atoms with Crippen LogP contribution in [0, 0.1) is 5.41 Å². The Hall–Kier alpha value is -2.72. The number of hydrogen-bond donors (Lipinski definition) is 0. The fraction of sp³-hybridized carbons (Fsp3) is 0.871. The monoisotopic (exact) mass is 600 g/mol. The predicted molar refractivity (Wildman–Crippen MR) is 153 cm³/mol. The lowest BCUT2D eigenvalue weighted by Crippen LogP contribution is -2.64. The zero-order chi connectivity index (χ0) is 32.4. The minimum absolute atomic E-state index is 0.00694. The Morgan fingerprint density at radius 1 is 0.595 bits per heavy atom. The van der Waals surface area contributed by atoms with E-state index in [0.29, 0.717) is 25.7 Å². The van der Waals surface area contributed by atoms with E-state index in [2.05, 4.69) is 0 Å². The molecular formula is C31H52O11. The van der Waals surface area contributed by atoms with Gasteiger partial charge in [-0.3, -0.25) is 4.79 Å². The Morgan fingerprint density at radius 2 is 1.00 bits per heavy atom. The second-order valence-corrected chi connectivity index (χ2v) is 15.4. The van der Waals surface area contributed by atoms with Crippen LogP contribution in [-0.2, 0) is 38.0 Å². The van der Waals surface area contributed by atoms with Gasteiger partial charge in [-0.05, 0) is 102 Å². The van der Waals surface area contributed by atoms with Crippen molar-refractivity contribution >= 4 is 24.4 Å². The lowest BCUT2D eigenvalue weighted by molar-refractivity contribution is -0.239. The van der Waals surface area contributed by atoms with Crippen molar-refractivity contribution < 1.29 is 52.3 Å². The van der Waals surface area contributed by atoms with E-state index in [9.17, 15) is 19.2 Å². The first kappa shape index (κ1) is 35.5. The van der Waals surface area contributed by atoms with Crippen LogP contribution in [0.2, 0.25) is 0 Å². The minimum atomic E-state index is -1.52. The van der Waals surface area contributed by atoms with Crippen LogP contribution in [0.5, 0.6) is 0 Å². The van der Waals surface area contributed by atoms with Crippen LogP contribution in [-0.4, -0.2) is 64.6 Å². The summed E-state index contributed by atoms with van der Waals surface area (Å²) in [6.07, 6.45) is -0.853. The lowest BCUT2D eigenvalue weighted by atomic mass is 9.60. The number of hydrogen-bond acceptors (Lipinski definition) is 11. The van der Waals surface area contributed by atoms with Crippen molar-refractivity contribution in [2.75, 3.05) is 6.61 Å². The Labute approximate surface area is 250 Å². The molecular weight excluding hydrogens is 548 g/mol. The summed E-state index contributed by atoms with van der Waals surface area (Å²) in [5.74, 6) is -0.530. The third-order valence-corrected chi connectivity index (χ3v) is 7.16. The summed E-state index contributed by atoms with van der Waals surface area (Å²) in [5, 5.41) is 0. The number of ether oxygens (including phenoxy) is 7. The molecule has 0 aromatic rings. The maximum Gasteiger partial charge on any atom is 0.509 e. The molecule has 0 amide bonds. The summed E-state index contributed by atoms with van der Waals surface area (Å²) < 4.78 is 40.1. The van der Waals surface area contributed by atoms with Crippen LogP contribution < -0.4 is 0 Å². The molecule has 2 unspecified atom stereocenters. The molecule has 0 aromatic heterocycles. The van der Waals surface area contributed by atoms with E-state index in [0.717, 1.165) is 0 Å². The van der Waals surface area contributed by atoms with E-state index in [1.54, 1.807) is 76.2 Å². The smallest absolute Gasteiger partial charge is 0.455 e. The highest BCUT2D eigenvalue weighted by Crippen LogP contribution is 2.55. The van der Waals surface area contributed by atoms with Crippen LogP contribution in [0.1, 0.15) is 128 Å². The first-order valence-electron chi connectivity index (χ1n) is 14.8. The summed E-state index contributed by atoms with van der Waals surface area (Å²) in [5.41, 5.74) is -7.38. The van der Waals surface area contributed by atoms with Crippen molar-refractivity contribution in [3.63, 3.8) is 0 Å².